The van der Waals surface area contributed by atoms with Crippen molar-refractivity contribution in [1.82, 2.24) is 9.97 Å². The number of nitrogen functional groups attached to an aromatic ring is 1. The SMILES string of the molecule is CCOCc1nc(N)cc(N2CCCCCC2C)n1. The molecule has 5 nitrogen and oxygen atoms in total. The first-order valence-electron chi connectivity index (χ1n) is 7.18. The van der Waals surface area contributed by atoms with Crippen molar-refractivity contribution in [1.29, 1.82) is 0 Å². The molecule has 0 spiro atoms. The molecule has 0 saturated carbocycles. The van der Waals surface area contributed by atoms with Gasteiger partial charge in [0, 0.05) is 25.3 Å². The number of rotatable bonds is 4. The normalized spacial score (nSPS) is 20.3. The van der Waals surface area contributed by atoms with Gasteiger partial charge in [0.1, 0.15) is 18.2 Å². The van der Waals surface area contributed by atoms with Crippen molar-refractivity contribution < 1.29 is 4.74 Å². The molecule has 2 heterocycles. The van der Waals surface area contributed by atoms with E-state index in [9.17, 15) is 0 Å². The minimum atomic E-state index is 0.427. The molecule has 0 aliphatic carbocycles. The topological polar surface area (TPSA) is 64.3 Å². The number of nitrogens with zero attached hydrogens (tertiary/aromatic N) is 3. The van der Waals surface area contributed by atoms with Gasteiger partial charge in [-0.3, -0.25) is 0 Å². The van der Waals surface area contributed by atoms with Gasteiger partial charge < -0.3 is 15.4 Å². The van der Waals surface area contributed by atoms with Crippen molar-refractivity contribution in [2.45, 2.75) is 52.2 Å². The summed E-state index contributed by atoms with van der Waals surface area (Å²) in [4.78, 5) is 11.2. The first kappa shape index (κ1) is 14.1. The first-order chi connectivity index (χ1) is 9.20. The van der Waals surface area contributed by atoms with Gasteiger partial charge in [0.05, 0.1) is 0 Å². The molecule has 1 atom stereocenters. The van der Waals surface area contributed by atoms with Crippen LogP contribution in [0.25, 0.3) is 0 Å². The molecule has 1 aliphatic rings. The highest BCUT2D eigenvalue weighted by molar-refractivity contribution is 5.47. The van der Waals surface area contributed by atoms with Gasteiger partial charge in [0.2, 0.25) is 0 Å². The van der Waals surface area contributed by atoms with E-state index in [1.165, 1.54) is 25.7 Å². The number of nitrogens with two attached hydrogens (primary N) is 1. The van der Waals surface area contributed by atoms with Gasteiger partial charge in [-0.2, -0.15) is 0 Å². The maximum absolute atomic E-state index is 5.89. The first-order valence-corrected chi connectivity index (χ1v) is 7.18. The van der Waals surface area contributed by atoms with Crippen LogP contribution in [-0.4, -0.2) is 29.2 Å². The van der Waals surface area contributed by atoms with E-state index in [-0.39, 0.29) is 0 Å². The zero-order chi connectivity index (χ0) is 13.7. The highest BCUT2D eigenvalue weighted by atomic mass is 16.5. The standard InChI is InChI=1S/C14H24N4O/c1-3-19-10-13-16-12(15)9-14(17-13)18-8-6-4-5-7-11(18)2/h9,11H,3-8,10H2,1-2H3,(H2,15,16,17). The molecule has 1 saturated heterocycles. The van der Waals surface area contributed by atoms with Crippen molar-refractivity contribution in [2.75, 3.05) is 23.8 Å². The summed E-state index contributed by atoms with van der Waals surface area (Å²) in [5.41, 5.74) is 5.89. The van der Waals surface area contributed by atoms with E-state index in [1.54, 1.807) is 0 Å². The Balaban J connectivity index is 2.19. The second-order valence-electron chi connectivity index (χ2n) is 5.10. The fraction of sp³-hybridized carbons (Fsp3) is 0.714. The Morgan fingerprint density at radius 1 is 1.37 bits per heavy atom. The summed E-state index contributed by atoms with van der Waals surface area (Å²) in [6.07, 6.45) is 5.02. The van der Waals surface area contributed by atoms with E-state index in [4.69, 9.17) is 10.5 Å². The highest BCUT2D eigenvalue weighted by Crippen LogP contribution is 2.23. The summed E-state index contributed by atoms with van der Waals surface area (Å²) < 4.78 is 5.37. The number of ether oxygens (including phenoxy) is 1. The summed E-state index contributed by atoms with van der Waals surface area (Å²) in [5.74, 6) is 2.14. The van der Waals surface area contributed by atoms with Crippen LogP contribution in [0.2, 0.25) is 0 Å². The Morgan fingerprint density at radius 3 is 3.00 bits per heavy atom. The predicted octanol–water partition coefficient (Wildman–Crippen LogP) is 2.36. The van der Waals surface area contributed by atoms with Crippen LogP contribution in [0, 0.1) is 0 Å². The number of aromatic nitrogens is 2. The van der Waals surface area contributed by atoms with Gasteiger partial charge in [-0.15, -0.1) is 0 Å². The summed E-state index contributed by atoms with van der Waals surface area (Å²) in [6.45, 7) is 6.35. The third-order valence-electron chi connectivity index (χ3n) is 3.56. The van der Waals surface area contributed by atoms with E-state index in [0.29, 0.717) is 30.9 Å². The van der Waals surface area contributed by atoms with E-state index < -0.39 is 0 Å². The second-order valence-corrected chi connectivity index (χ2v) is 5.10. The zero-order valence-electron chi connectivity index (χ0n) is 11.9. The lowest BCUT2D eigenvalue weighted by atomic mass is 10.1. The Bertz CT molecular complexity index is 410. The molecule has 2 N–H and O–H groups in total. The molecule has 1 fully saturated rings. The average Bonchev–Trinajstić information content (AvgIpc) is 2.60. The van der Waals surface area contributed by atoms with E-state index in [1.807, 2.05) is 13.0 Å². The van der Waals surface area contributed by atoms with Crippen LogP contribution in [0.5, 0.6) is 0 Å². The molecule has 2 rings (SSSR count). The predicted molar refractivity (Wildman–Crippen MR) is 77.1 cm³/mol. The molecule has 0 radical (unpaired) electrons. The molecule has 1 unspecified atom stereocenters. The summed E-state index contributed by atoms with van der Waals surface area (Å²) in [5, 5.41) is 0. The maximum Gasteiger partial charge on any atom is 0.158 e. The molecule has 0 aromatic carbocycles. The van der Waals surface area contributed by atoms with Gasteiger partial charge in [-0.1, -0.05) is 12.8 Å². The van der Waals surface area contributed by atoms with Crippen LogP contribution < -0.4 is 10.6 Å². The summed E-state index contributed by atoms with van der Waals surface area (Å²) in [7, 11) is 0. The van der Waals surface area contributed by atoms with E-state index >= 15 is 0 Å². The van der Waals surface area contributed by atoms with Crippen LogP contribution in [0.3, 0.4) is 0 Å². The van der Waals surface area contributed by atoms with Gasteiger partial charge >= 0.3 is 0 Å². The molecule has 0 amide bonds. The van der Waals surface area contributed by atoms with Crippen molar-refractivity contribution in [3.05, 3.63) is 11.9 Å². The van der Waals surface area contributed by atoms with Crippen molar-refractivity contribution >= 4 is 11.6 Å². The van der Waals surface area contributed by atoms with Crippen LogP contribution in [0.15, 0.2) is 6.07 Å². The van der Waals surface area contributed by atoms with Gasteiger partial charge in [-0.05, 0) is 26.7 Å². The van der Waals surface area contributed by atoms with Crippen molar-refractivity contribution in [3.63, 3.8) is 0 Å². The molecule has 1 aromatic rings. The Labute approximate surface area is 115 Å². The maximum atomic E-state index is 5.89. The summed E-state index contributed by atoms with van der Waals surface area (Å²) >= 11 is 0. The molecule has 1 aromatic heterocycles. The smallest absolute Gasteiger partial charge is 0.158 e. The minimum absolute atomic E-state index is 0.427. The molecule has 19 heavy (non-hydrogen) atoms. The highest BCUT2D eigenvalue weighted by Gasteiger charge is 2.19. The minimum Gasteiger partial charge on any atom is -0.384 e. The molecule has 5 heteroatoms. The van der Waals surface area contributed by atoms with Crippen molar-refractivity contribution in [3.8, 4) is 0 Å². The third-order valence-corrected chi connectivity index (χ3v) is 3.56. The zero-order valence-corrected chi connectivity index (χ0v) is 11.9. The Hall–Kier alpha value is -1.36. The van der Waals surface area contributed by atoms with Crippen LogP contribution in [0.4, 0.5) is 11.6 Å². The monoisotopic (exact) mass is 264 g/mol. The lowest BCUT2D eigenvalue weighted by molar-refractivity contribution is 0.128. The Kier molecular flexibility index (Phi) is 4.96. The Morgan fingerprint density at radius 2 is 2.21 bits per heavy atom. The van der Waals surface area contributed by atoms with E-state index in [2.05, 4.69) is 21.8 Å². The van der Waals surface area contributed by atoms with Crippen LogP contribution >= 0.6 is 0 Å². The fourth-order valence-electron chi connectivity index (χ4n) is 2.52. The van der Waals surface area contributed by atoms with Gasteiger partial charge in [0.25, 0.3) is 0 Å². The van der Waals surface area contributed by atoms with E-state index in [0.717, 1.165) is 12.4 Å². The van der Waals surface area contributed by atoms with Crippen molar-refractivity contribution in [2.24, 2.45) is 0 Å². The number of hydrogen-bond donors (Lipinski definition) is 1. The molecule has 0 bridgehead atoms. The third kappa shape index (κ3) is 3.80. The fourth-order valence-corrected chi connectivity index (χ4v) is 2.52. The molecular weight excluding hydrogens is 240 g/mol. The lowest BCUT2D eigenvalue weighted by Gasteiger charge is -2.28. The molecular formula is C14H24N4O. The van der Waals surface area contributed by atoms with Gasteiger partial charge in [0.15, 0.2) is 5.82 Å². The van der Waals surface area contributed by atoms with Gasteiger partial charge in [-0.25, -0.2) is 9.97 Å². The van der Waals surface area contributed by atoms with Crippen LogP contribution in [0.1, 0.15) is 45.4 Å². The molecule has 1 aliphatic heterocycles. The quantitative estimate of drug-likeness (QED) is 0.904. The lowest BCUT2D eigenvalue weighted by Crippen LogP contribution is -2.33. The number of anilines is 2. The number of hydrogen-bond acceptors (Lipinski definition) is 5. The second kappa shape index (κ2) is 6.70. The van der Waals surface area contributed by atoms with Crippen LogP contribution in [-0.2, 0) is 11.3 Å². The average molecular weight is 264 g/mol. The molecule has 106 valence electrons. The largest absolute Gasteiger partial charge is 0.384 e. The summed E-state index contributed by atoms with van der Waals surface area (Å²) in [6, 6.07) is 2.38.